The van der Waals surface area contributed by atoms with Gasteiger partial charge < -0.3 is 15.5 Å². The quantitative estimate of drug-likeness (QED) is 0.477. The molecule has 3 heterocycles. The van der Waals surface area contributed by atoms with E-state index in [2.05, 4.69) is 15.5 Å². The highest BCUT2D eigenvalue weighted by molar-refractivity contribution is 7.10. The first-order valence-electron chi connectivity index (χ1n) is 11.1. The van der Waals surface area contributed by atoms with E-state index < -0.39 is 28.8 Å². The van der Waals surface area contributed by atoms with E-state index in [0.717, 1.165) is 22.0 Å². The largest absolute Gasteiger partial charge is 0.493 e. The molecule has 7 nitrogen and oxygen atoms in total. The van der Waals surface area contributed by atoms with Crippen molar-refractivity contribution in [2.75, 3.05) is 13.1 Å². The van der Waals surface area contributed by atoms with Crippen LogP contribution in [-0.4, -0.2) is 40.2 Å². The summed E-state index contributed by atoms with van der Waals surface area (Å²) < 4.78 is 42.7. The molecule has 0 amide bonds. The molecule has 1 fully saturated rings. The van der Waals surface area contributed by atoms with Gasteiger partial charge >= 0.3 is 11.0 Å². The average Bonchev–Trinajstić information content (AvgIpc) is 3.41. The minimum Gasteiger partial charge on any atom is -0.493 e. The average molecular weight is 537 g/mol. The number of aromatic hydroxyl groups is 1. The second-order valence-electron chi connectivity index (χ2n) is 8.59. The summed E-state index contributed by atoms with van der Waals surface area (Å²) in [4.78, 5) is 12.6. The number of aliphatic hydroxyl groups is 1. The molecule has 12 heteroatoms. The molecule has 188 valence electrons. The van der Waals surface area contributed by atoms with Crippen LogP contribution in [0.4, 0.5) is 13.2 Å². The number of thiazole rings is 1. The van der Waals surface area contributed by atoms with Gasteiger partial charge in [0.05, 0.1) is 34.2 Å². The summed E-state index contributed by atoms with van der Waals surface area (Å²) in [6.45, 7) is 0.800. The van der Waals surface area contributed by atoms with E-state index in [4.69, 9.17) is 11.6 Å². The maximum atomic E-state index is 13.9. The zero-order valence-electron chi connectivity index (χ0n) is 18.6. The number of rotatable bonds is 4. The van der Waals surface area contributed by atoms with Crippen molar-refractivity contribution in [1.82, 2.24) is 9.88 Å². The van der Waals surface area contributed by atoms with Crippen molar-refractivity contribution in [3.05, 3.63) is 83.2 Å². The lowest BCUT2D eigenvalue weighted by Crippen LogP contribution is -2.43. The number of benzene rings is 2. The van der Waals surface area contributed by atoms with Crippen molar-refractivity contribution >= 4 is 34.7 Å². The predicted molar refractivity (Wildman–Crippen MR) is 130 cm³/mol. The number of nitrogens with one attached hydrogen (secondary N) is 1. The van der Waals surface area contributed by atoms with Crippen LogP contribution in [0.2, 0.25) is 5.02 Å². The van der Waals surface area contributed by atoms with Crippen molar-refractivity contribution < 1.29 is 23.4 Å². The molecule has 5 rings (SSSR count). The fourth-order valence-electron chi connectivity index (χ4n) is 4.56. The van der Waals surface area contributed by atoms with E-state index in [1.807, 2.05) is 0 Å². The summed E-state index contributed by atoms with van der Waals surface area (Å²) in [5.74, 6) is -0.382. The Morgan fingerprint density at radius 2 is 2.06 bits per heavy atom. The third-order valence-corrected chi connectivity index (χ3v) is 7.56. The minimum absolute atomic E-state index is 0.0541. The number of piperidine rings is 1. The molecular formula is C24H20ClF3N4O3S. The molecule has 3 N–H and O–H groups in total. The van der Waals surface area contributed by atoms with E-state index in [-0.39, 0.29) is 34.3 Å². The second kappa shape index (κ2) is 9.47. The van der Waals surface area contributed by atoms with Gasteiger partial charge in [-0.25, -0.2) is 0 Å². The monoisotopic (exact) mass is 536 g/mol. The summed E-state index contributed by atoms with van der Waals surface area (Å²) in [5, 5.41) is 33.5. The number of hydrogen-bond acceptors (Lipinski definition) is 7. The fraction of sp³-hybridized carbons (Fsp3) is 0.292. The molecule has 2 aliphatic rings. The van der Waals surface area contributed by atoms with Crippen LogP contribution in [0.5, 0.6) is 5.88 Å². The van der Waals surface area contributed by atoms with Gasteiger partial charge in [0.2, 0.25) is 5.88 Å². The van der Waals surface area contributed by atoms with Crippen LogP contribution < -0.4 is 20.8 Å². The van der Waals surface area contributed by atoms with E-state index >= 15 is 0 Å². The minimum atomic E-state index is -4.66. The van der Waals surface area contributed by atoms with Crippen LogP contribution in [-0.2, 0) is 12.6 Å². The van der Waals surface area contributed by atoms with Crippen LogP contribution in [0.1, 0.15) is 34.0 Å². The summed E-state index contributed by atoms with van der Waals surface area (Å²) in [5.41, 5.74) is 0.0321. The zero-order valence-corrected chi connectivity index (χ0v) is 20.2. The molecule has 1 saturated heterocycles. The number of alkyl halides is 3. The molecule has 0 bridgehead atoms. The molecule has 36 heavy (non-hydrogen) atoms. The Morgan fingerprint density at radius 3 is 2.81 bits per heavy atom. The summed E-state index contributed by atoms with van der Waals surface area (Å²) in [6, 6.07) is 7.93. The Bertz CT molecular complexity index is 1550. The van der Waals surface area contributed by atoms with Gasteiger partial charge in [0, 0.05) is 23.6 Å². The van der Waals surface area contributed by atoms with Crippen LogP contribution in [0.3, 0.4) is 0 Å². The van der Waals surface area contributed by atoms with Gasteiger partial charge in [0.25, 0.3) is 0 Å². The lowest BCUT2D eigenvalue weighted by Gasteiger charge is -2.29. The van der Waals surface area contributed by atoms with E-state index in [9.17, 15) is 28.2 Å². The Balaban J connectivity index is 1.72. The first-order chi connectivity index (χ1) is 17.1. The number of nitrogens with zero attached hydrogens (tertiary/aromatic N) is 3. The fourth-order valence-corrected chi connectivity index (χ4v) is 5.73. The molecule has 0 unspecified atom stereocenters. The number of halogens is 4. The Morgan fingerprint density at radius 1 is 1.25 bits per heavy atom. The number of β-amino-alcohol motifs (C(OH)–C–C–N with tert-alkyl or cyclic N) is 1. The Kier molecular flexibility index (Phi) is 6.50. The lowest BCUT2D eigenvalue weighted by atomic mass is 9.96. The Labute approximate surface area is 211 Å². The first-order valence-corrected chi connectivity index (χ1v) is 12.3. The van der Waals surface area contributed by atoms with E-state index in [1.165, 1.54) is 18.3 Å². The molecule has 1 aromatic heterocycles. The van der Waals surface area contributed by atoms with Crippen LogP contribution in [0.25, 0.3) is 5.57 Å². The molecule has 3 aromatic rings. The van der Waals surface area contributed by atoms with Crippen molar-refractivity contribution in [3.8, 4) is 5.88 Å². The van der Waals surface area contributed by atoms with Gasteiger partial charge in [0.1, 0.15) is 0 Å². The predicted octanol–water partition coefficient (Wildman–Crippen LogP) is 2.59. The molecule has 0 aliphatic carbocycles. The summed E-state index contributed by atoms with van der Waals surface area (Å²) in [6.07, 6.45) is -3.86. The van der Waals surface area contributed by atoms with E-state index in [0.29, 0.717) is 34.7 Å². The highest BCUT2D eigenvalue weighted by atomic mass is 35.5. The van der Waals surface area contributed by atoms with Crippen molar-refractivity contribution in [1.29, 1.82) is 0 Å². The lowest BCUT2D eigenvalue weighted by molar-refractivity contribution is -0.138. The zero-order chi connectivity index (χ0) is 25.6. The van der Waals surface area contributed by atoms with Gasteiger partial charge in [-0.2, -0.15) is 23.4 Å². The van der Waals surface area contributed by atoms with Gasteiger partial charge in [0.15, 0.2) is 0 Å². The second-order valence-corrected chi connectivity index (χ2v) is 9.99. The Hall–Kier alpha value is -2.99. The van der Waals surface area contributed by atoms with E-state index in [1.54, 1.807) is 18.2 Å². The van der Waals surface area contributed by atoms with Gasteiger partial charge in [-0.1, -0.05) is 35.1 Å². The van der Waals surface area contributed by atoms with Gasteiger partial charge in [-0.15, -0.1) is 0 Å². The summed E-state index contributed by atoms with van der Waals surface area (Å²) >= 11 is 6.60. The molecule has 2 atom stereocenters. The van der Waals surface area contributed by atoms with Crippen molar-refractivity contribution in [2.45, 2.75) is 31.2 Å². The molecule has 0 radical (unpaired) electrons. The highest BCUT2D eigenvalue weighted by Gasteiger charge is 2.35. The molecule has 0 saturated carbocycles. The number of aromatic nitrogens is 1. The SMILES string of the molecule is O=c1sc(C(Cc2ccc(Cl)cc2C(F)(F)F)=c2ccc3c(c2)C=NN=3)c(O)n1[C@H]1CCNC[C@@H]1O. The molecule has 0 spiro atoms. The topological polar surface area (TPSA) is 99.2 Å². The normalized spacial score (nSPS) is 20.2. The first kappa shape index (κ1) is 24.7. The molecule has 2 aromatic carbocycles. The third kappa shape index (κ3) is 4.59. The molecular weight excluding hydrogens is 517 g/mol. The highest BCUT2D eigenvalue weighted by Crippen LogP contribution is 2.38. The van der Waals surface area contributed by atoms with Gasteiger partial charge in [-0.05, 0) is 53.6 Å². The number of hydrogen-bond donors (Lipinski definition) is 3. The number of aliphatic hydroxyl groups excluding tert-OH is 1. The standard InChI is InChI=1S/C24H20ClF3N4O3S/c25-15-3-1-13(17(9-15)24(26,27)28)8-16(12-2-4-18-14(7-12)10-30-31-18)21-22(34)32(23(35)36-21)19-5-6-29-11-20(19)33/h1-4,7,9-10,19-20,29,33-34H,5-6,8,11H2/t19-,20-/m0/s1. The maximum Gasteiger partial charge on any atom is 0.416 e. The maximum absolute atomic E-state index is 13.9. The van der Waals surface area contributed by atoms with Crippen molar-refractivity contribution in [2.24, 2.45) is 10.2 Å². The van der Waals surface area contributed by atoms with Crippen molar-refractivity contribution in [3.63, 3.8) is 0 Å². The van der Waals surface area contributed by atoms with Crippen LogP contribution in [0, 0.1) is 0 Å². The number of fused-ring (bicyclic) bond motifs is 1. The van der Waals surface area contributed by atoms with Crippen LogP contribution in [0.15, 0.2) is 51.4 Å². The van der Waals surface area contributed by atoms with Crippen LogP contribution >= 0.6 is 22.9 Å². The third-order valence-electron chi connectivity index (χ3n) is 6.32. The summed E-state index contributed by atoms with van der Waals surface area (Å²) in [7, 11) is 0. The van der Waals surface area contributed by atoms with Gasteiger partial charge in [-0.3, -0.25) is 9.36 Å². The molecule has 2 aliphatic heterocycles. The smallest absolute Gasteiger partial charge is 0.416 e.